The summed E-state index contributed by atoms with van der Waals surface area (Å²) in [6.07, 6.45) is 5.93. The van der Waals surface area contributed by atoms with Gasteiger partial charge in [-0.25, -0.2) is 0 Å². The van der Waals surface area contributed by atoms with E-state index in [1.807, 2.05) is 11.8 Å². The van der Waals surface area contributed by atoms with E-state index < -0.39 is 11.5 Å². The van der Waals surface area contributed by atoms with E-state index >= 15 is 0 Å². The van der Waals surface area contributed by atoms with Gasteiger partial charge in [-0.1, -0.05) is 13.8 Å². The molecule has 1 aliphatic carbocycles. The Labute approximate surface area is 109 Å². The molecule has 2 unspecified atom stereocenters. The Morgan fingerprint density at radius 3 is 2.82 bits per heavy atom. The Kier molecular flexibility index (Phi) is 6.34. The molecule has 1 fully saturated rings. The highest BCUT2D eigenvalue weighted by Gasteiger charge is 2.42. The minimum atomic E-state index is -0.659. The number of carboxylic acid groups (broad SMARTS) is 1. The Balaban J connectivity index is 2.59. The number of rotatable bonds is 7. The average molecular weight is 259 g/mol. The molecule has 0 amide bonds. The molecule has 0 aromatic rings. The van der Waals surface area contributed by atoms with Crippen molar-refractivity contribution in [2.75, 3.05) is 12.3 Å². The summed E-state index contributed by atoms with van der Waals surface area (Å²) in [6.45, 7) is 5.06. The normalized spacial score (nSPS) is 29.2. The second-order valence-electron chi connectivity index (χ2n) is 4.90. The molecule has 3 nitrogen and oxygen atoms in total. The SMILES string of the molecule is CCCNC1(C(=O)O)CCCC(SCCC)C1. The van der Waals surface area contributed by atoms with E-state index in [-0.39, 0.29) is 0 Å². The zero-order chi connectivity index (χ0) is 12.7. The molecule has 1 aliphatic rings. The molecule has 1 saturated carbocycles. The largest absolute Gasteiger partial charge is 0.480 e. The van der Waals surface area contributed by atoms with Crippen molar-refractivity contribution in [3.05, 3.63) is 0 Å². The van der Waals surface area contributed by atoms with Crippen LogP contribution in [0.15, 0.2) is 0 Å². The third-order valence-corrected chi connectivity index (χ3v) is 4.90. The maximum absolute atomic E-state index is 11.5. The molecule has 2 N–H and O–H groups in total. The van der Waals surface area contributed by atoms with Gasteiger partial charge in [0.25, 0.3) is 0 Å². The fraction of sp³-hybridized carbons (Fsp3) is 0.923. The van der Waals surface area contributed by atoms with Gasteiger partial charge in [0, 0.05) is 5.25 Å². The third-order valence-electron chi connectivity index (χ3n) is 3.39. The molecule has 1 rings (SSSR count). The lowest BCUT2D eigenvalue weighted by atomic mass is 9.81. The van der Waals surface area contributed by atoms with Crippen LogP contribution < -0.4 is 5.32 Å². The molecule has 0 radical (unpaired) electrons. The topological polar surface area (TPSA) is 49.3 Å². The van der Waals surface area contributed by atoms with Gasteiger partial charge in [-0.2, -0.15) is 11.8 Å². The Morgan fingerprint density at radius 2 is 2.24 bits per heavy atom. The summed E-state index contributed by atoms with van der Waals surface area (Å²) < 4.78 is 0. The molecule has 0 aromatic heterocycles. The van der Waals surface area contributed by atoms with Crippen molar-refractivity contribution in [3.8, 4) is 0 Å². The molecule has 0 heterocycles. The lowest BCUT2D eigenvalue weighted by molar-refractivity contribution is -0.146. The standard InChI is InChI=1S/C13H25NO2S/c1-3-8-14-13(12(15)16)7-5-6-11(10-13)17-9-4-2/h11,14H,3-10H2,1-2H3,(H,15,16). The van der Waals surface area contributed by atoms with E-state index in [1.54, 1.807) is 0 Å². The van der Waals surface area contributed by atoms with Crippen LogP contribution in [0.4, 0.5) is 0 Å². The lowest BCUT2D eigenvalue weighted by Crippen LogP contribution is -2.55. The smallest absolute Gasteiger partial charge is 0.323 e. The molecule has 100 valence electrons. The molecule has 0 aromatic carbocycles. The van der Waals surface area contributed by atoms with Crippen molar-refractivity contribution in [3.63, 3.8) is 0 Å². The second-order valence-corrected chi connectivity index (χ2v) is 6.31. The van der Waals surface area contributed by atoms with Crippen LogP contribution in [-0.2, 0) is 4.79 Å². The first-order chi connectivity index (χ1) is 8.14. The van der Waals surface area contributed by atoms with Gasteiger partial charge in [0.2, 0.25) is 0 Å². The molecule has 0 bridgehead atoms. The number of hydrogen-bond acceptors (Lipinski definition) is 3. The van der Waals surface area contributed by atoms with E-state index in [1.165, 1.54) is 12.8 Å². The number of carbonyl (C=O) groups is 1. The van der Waals surface area contributed by atoms with E-state index in [2.05, 4.69) is 19.2 Å². The quantitative estimate of drug-likeness (QED) is 0.738. The van der Waals surface area contributed by atoms with Crippen molar-refractivity contribution in [1.82, 2.24) is 5.32 Å². The summed E-state index contributed by atoms with van der Waals surface area (Å²) in [4.78, 5) is 11.5. The first kappa shape index (κ1) is 14.8. The van der Waals surface area contributed by atoms with Crippen molar-refractivity contribution in [1.29, 1.82) is 0 Å². The minimum Gasteiger partial charge on any atom is -0.480 e. The maximum Gasteiger partial charge on any atom is 0.323 e. The van der Waals surface area contributed by atoms with E-state index in [4.69, 9.17) is 0 Å². The minimum absolute atomic E-state index is 0.518. The van der Waals surface area contributed by atoms with Crippen molar-refractivity contribution in [2.24, 2.45) is 0 Å². The number of hydrogen-bond donors (Lipinski definition) is 2. The number of nitrogens with one attached hydrogen (secondary N) is 1. The summed E-state index contributed by atoms with van der Waals surface area (Å²) in [7, 11) is 0. The monoisotopic (exact) mass is 259 g/mol. The fourth-order valence-corrected chi connectivity index (χ4v) is 3.75. The van der Waals surface area contributed by atoms with Crippen LogP contribution in [0.25, 0.3) is 0 Å². The lowest BCUT2D eigenvalue weighted by Gasteiger charge is -2.38. The summed E-state index contributed by atoms with van der Waals surface area (Å²) in [5.74, 6) is 0.487. The van der Waals surface area contributed by atoms with Gasteiger partial charge in [-0.15, -0.1) is 0 Å². The van der Waals surface area contributed by atoms with Crippen LogP contribution in [0.5, 0.6) is 0 Å². The third kappa shape index (κ3) is 4.18. The van der Waals surface area contributed by atoms with Crippen LogP contribution >= 0.6 is 11.8 Å². The van der Waals surface area contributed by atoms with Gasteiger partial charge in [0.15, 0.2) is 0 Å². The van der Waals surface area contributed by atoms with E-state index in [0.717, 1.165) is 38.0 Å². The van der Waals surface area contributed by atoms with Crippen molar-refractivity contribution in [2.45, 2.75) is 63.2 Å². The van der Waals surface area contributed by atoms with Gasteiger partial charge >= 0.3 is 5.97 Å². The zero-order valence-electron chi connectivity index (χ0n) is 11.0. The van der Waals surface area contributed by atoms with Crippen LogP contribution in [0, 0.1) is 0 Å². The molecule has 0 saturated heterocycles. The number of aliphatic carboxylic acids is 1. The van der Waals surface area contributed by atoms with Crippen LogP contribution in [-0.4, -0.2) is 34.2 Å². The first-order valence-electron chi connectivity index (χ1n) is 6.74. The highest BCUT2D eigenvalue weighted by molar-refractivity contribution is 7.99. The van der Waals surface area contributed by atoms with E-state index in [9.17, 15) is 9.90 Å². The molecule has 17 heavy (non-hydrogen) atoms. The van der Waals surface area contributed by atoms with Crippen LogP contribution in [0.1, 0.15) is 52.4 Å². The Bertz CT molecular complexity index is 248. The van der Waals surface area contributed by atoms with Gasteiger partial charge < -0.3 is 10.4 Å². The first-order valence-corrected chi connectivity index (χ1v) is 7.79. The second kappa shape index (κ2) is 7.27. The fourth-order valence-electron chi connectivity index (χ4n) is 2.45. The van der Waals surface area contributed by atoms with Gasteiger partial charge in [0.1, 0.15) is 5.54 Å². The highest BCUT2D eigenvalue weighted by Crippen LogP contribution is 2.35. The Hall–Kier alpha value is -0.220. The van der Waals surface area contributed by atoms with Crippen LogP contribution in [0.2, 0.25) is 0 Å². The zero-order valence-corrected chi connectivity index (χ0v) is 11.8. The summed E-state index contributed by atoms with van der Waals surface area (Å²) in [5, 5.41) is 13.3. The molecule has 0 spiro atoms. The van der Waals surface area contributed by atoms with Crippen molar-refractivity contribution >= 4 is 17.7 Å². The number of carboxylic acids is 1. The molecular weight excluding hydrogens is 234 g/mol. The van der Waals surface area contributed by atoms with Crippen LogP contribution in [0.3, 0.4) is 0 Å². The molecule has 2 atom stereocenters. The predicted octanol–water partition coefficient (Wildman–Crippen LogP) is 2.90. The summed E-state index contributed by atoms with van der Waals surface area (Å²) in [5.41, 5.74) is -0.653. The predicted molar refractivity (Wildman–Crippen MR) is 73.7 cm³/mol. The summed E-state index contributed by atoms with van der Waals surface area (Å²) in [6, 6.07) is 0. The molecule has 4 heteroatoms. The van der Waals surface area contributed by atoms with Gasteiger partial charge in [-0.05, 0) is 50.8 Å². The van der Waals surface area contributed by atoms with Gasteiger partial charge in [0.05, 0.1) is 0 Å². The van der Waals surface area contributed by atoms with Crippen molar-refractivity contribution < 1.29 is 9.90 Å². The highest BCUT2D eigenvalue weighted by atomic mass is 32.2. The summed E-state index contributed by atoms with van der Waals surface area (Å²) >= 11 is 1.95. The Morgan fingerprint density at radius 1 is 1.47 bits per heavy atom. The number of thioether (sulfide) groups is 1. The maximum atomic E-state index is 11.5. The average Bonchev–Trinajstić information content (AvgIpc) is 2.34. The van der Waals surface area contributed by atoms with E-state index in [0.29, 0.717) is 5.25 Å². The van der Waals surface area contributed by atoms with Gasteiger partial charge in [-0.3, -0.25) is 4.79 Å². The molecular formula is C13H25NO2S. The molecule has 0 aliphatic heterocycles.